The third kappa shape index (κ3) is 4.42. The number of aromatic amines is 1. The van der Waals surface area contributed by atoms with Crippen molar-refractivity contribution in [2.45, 2.75) is 37.3 Å². The first-order chi connectivity index (χ1) is 14.5. The van der Waals surface area contributed by atoms with Gasteiger partial charge in [0.25, 0.3) is 11.5 Å². The molecule has 0 spiro atoms. The summed E-state index contributed by atoms with van der Waals surface area (Å²) < 4.78 is 5.79. The molecule has 1 fully saturated rings. The van der Waals surface area contributed by atoms with Crippen molar-refractivity contribution in [1.29, 1.82) is 0 Å². The normalized spacial score (nSPS) is 16.1. The van der Waals surface area contributed by atoms with E-state index in [1.54, 1.807) is 22.7 Å². The highest BCUT2D eigenvalue weighted by Gasteiger charge is 2.25. The highest BCUT2D eigenvalue weighted by molar-refractivity contribution is 7.98. The number of benzene rings is 2. The molecule has 1 aliphatic rings. The Kier molecular flexibility index (Phi) is 6.20. The summed E-state index contributed by atoms with van der Waals surface area (Å²) in [4.78, 5) is 36.2. The standard InChI is InChI=1S/C23H25N3O3S/c1-15-9-10-17(30-2)12-19(15)23(28)26(13-16-6-5-11-29-16)14-21-24-20-8-4-3-7-18(20)22(27)25-21/h3-4,7-10,12,16H,5-6,11,13-14H2,1-2H3,(H,24,25,27)/t16-/m0/s1. The Morgan fingerprint density at radius 3 is 2.90 bits per heavy atom. The van der Waals surface area contributed by atoms with Gasteiger partial charge in [0, 0.05) is 23.6 Å². The second-order valence-corrected chi connectivity index (χ2v) is 8.41. The van der Waals surface area contributed by atoms with Crippen LogP contribution in [0, 0.1) is 6.92 Å². The molecule has 2 aromatic carbocycles. The molecular formula is C23H25N3O3S. The Labute approximate surface area is 179 Å². The van der Waals surface area contributed by atoms with Gasteiger partial charge in [-0.05, 0) is 55.9 Å². The molecule has 7 heteroatoms. The lowest BCUT2D eigenvalue weighted by Gasteiger charge is -2.26. The number of fused-ring (bicyclic) bond motifs is 1. The van der Waals surface area contributed by atoms with E-state index in [4.69, 9.17) is 4.74 Å². The number of carbonyl (C=O) groups excluding carboxylic acids is 1. The summed E-state index contributed by atoms with van der Waals surface area (Å²) in [5.41, 5.74) is 2.03. The van der Waals surface area contributed by atoms with Gasteiger partial charge in [0.05, 0.1) is 23.6 Å². The van der Waals surface area contributed by atoms with Gasteiger partial charge in [0.1, 0.15) is 5.82 Å². The molecule has 1 aromatic heterocycles. The van der Waals surface area contributed by atoms with Crippen molar-refractivity contribution in [3.8, 4) is 0 Å². The Bertz CT molecular complexity index is 1120. The van der Waals surface area contributed by atoms with Crippen LogP contribution in [0.5, 0.6) is 0 Å². The van der Waals surface area contributed by atoms with Crippen LogP contribution in [0.4, 0.5) is 0 Å². The molecule has 1 amide bonds. The molecule has 156 valence electrons. The Balaban J connectivity index is 1.68. The van der Waals surface area contributed by atoms with Crippen LogP contribution in [0.2, 0.25) is 0 Å². The maximum atomic E-state index is 13.5. The first-order valence-electron chi connectivity index (χ1n) is 10.1. The van der Waals surface area contributed by atoms with E-state index in [-0.39, 0.29) is 24.1 Å². The first-order valence-corrected chi connectivity index (χ1v) is 11.3. The van der Waals surface area contributed by atoms with E-state index in [0.717, 1.165) is 29.9 Å². The number of aryl methyl sites for hydroxylation is 1. The minimum absolute atomic E-state index is 0.00478. The van der Waals surface area contributed by atoms with Crippen LogP contribution in [0.1, 0.15) is 34.6 Å². The monoisotopic (exact) mass is 423 g/mol. The summed E-state index contributed by atoms with van der Waals surface area (Å²) in [6.07, 6.45) is 3.92. The van der Waals surface area contributed by atoms with Gasteiger partial charge in [-0.3, -0.25) is 9.59 Å². The molecule has 0 unspecified atom stereocenters. The third-order valence-electron chi connectivity index (χ3n) is 5.41. The Hall–Kier alpha value is -2.64. The lowest BCUT2D eigenvalue weighted by Crippen LogP contribution is -2.38. The molecule has 1 atom stereocenters. The minimum Gasteiger partial charge on any atom is -0.376 e. The Morgan fingerprint density at radius 2 is 2.13 bits per heavy atom. The first kappa shape index (κ1) is 20.6. The maximum Gasteiger partial charge on any atom is 0.258 e. The lowest BCUT2D eigenvalue weighted by atomic mass is 10.1. The fraction of sp³-hybridized carbons (Fsp3) is 0.348. The van der Waals surface area contributed by atoms with E-state index < -0.39 is 0 Å². The quantitative estimate of drug-likeness (QED) is 0.611. The highest BCUT2D eigenvalue weighted by Crippen LogP contribution is 2.22. The summed E-state index contributed by atoms with van der Waals surface area (Å²) in [6.45, 7) is 3.36. The van der Waals surface area contributed by atoms with Crippen molar-refractivity contribution in [3.05, 3.63) is 69.8 Å². The van der Waals surface area contributed by atoms with E-state index in [0.29, 0.717) is 28.8 Å². The van der Waals surface area contributed by atoms with Gasteiger partial charge in [-0.15, -0.1) is 11.8 Å². The van der Waals surface area contributed by atoms with Crippen LogP contribution in [0.25, 0.3) is 10.9 Å². The van der Waals surface area contributed by atoms with Gasteiger partial charge in [-0.2, -0.15) is 0 Å². The number of hydrogen-bond acceptors (Lipinski definition) is 5. The number of nitrogens with one attached hydrogen (secondary N) is 1. The van der Waals surface area contributed by atoms with E-state index >= 15 is 0 Å². The summed E-state index contributed by atoms with van der Waals surface area (Å²) in [5.74, 6) is 0.401. The average molecular weight is 424 g/mol. The van der Waals surface area contributed by atoms with Crippen molar-refractivity contribution >= 4 is 28.6 Å². The molecule has 0 radical (unpaired) electrons. The zero-order valence-electron chi connectivity index (χ0n) is 17.2. The van der Waals surface area contributed by atoms with Crippen molar-refractivity contribution in [2.75, 3.05) is 19.4 Å². The smallest absolute Gasteiger partial charge is 0.258 e. The highest BCUT2D eigenvalue weighted by atomic mass is 32.2. The molecule has 4 rings (SSSR count). The largest absolute Gasteiger partial charge is 0.376 e. The van der Waals surface area contributed by atoms with Crippen molar-refractivity contribution in [3.63, 3.8) is 0 Å². The minimum atomic E-state index is -0.194. The van der Waals surface area contributed by atoms with Gasteiger partial charge < -0.3 is 14.6 Å². The van der Waals surface area contributed by atoms with E-state index in [1.165, 1.54) is 0 Å². The topological polar surface area (TPSA) is 75.3 Å². The second-order valence-electron chi connectivity index (χ2n) is 7.53. The van der Waals surface area contributed by atoms with Crippen LogP contribution in [-0.4, -0.2) is 46.3 Å². The molecule has 0 bridgehead atoms. The molecule has 0 aliphatic carbocycles. The van der Waals surface area contributed by atoms with E-state index in [9.17, 15) is 9.59 Å². The zero-order chi connectivity index (χ0) is 21.1. The lowest BCUT2D eigenvalue weighted by molar-refractivity contribution is 0.0500. The summed E-state index contributed by atoms with van der Waals surface area (Å²) in [5, 5.41) is 0.543. The van der Waals surface area contributed by atoms with Gasteiger partial charge in [-0.1, -0.05) is 18.2 Å². The molecular weight excluding hydrogens is 398 g/mol. The van der Waals surface area contributed by atoms with Gasteiger partial charge in [0.2, 0.25) is 0 Å². The SMILES string of the molecule is CSc1ccc(C)c(C(=O)N(Cc2nc3ccccc3c(=O)[nH]2)C[C@@H]2CCCO2)c1. The van der Waals surface area contributed by atoms with Gasteiger partial charge in [-0.25, -0.2) is 4.98 Å². The number of para-hydroxylation sites is 1. The predicted octanol–water partition coefficient (Wildman–Crippen LogP) is 3.77. The number of hydrogen-bond donors (Lipinski definition) is 1. The van der Waals surface area contributed by atoms with Crippen molar-refractivity contribution in [2.24, 2.45) is 0 Å². The number of rotatable bonds is 6. The van der Waals surface area contributed by atoms with Crippen molar-refractivity contribution in [1.82, 2.24) is 14.9 Å². The number of ether oxygens (including phenoxy) is 1. The molecule has 1 aliphatic heterocycles. The second kappa shape index (κ2) is 9.02. The number of carbonyl (C=O) groups is 1. The van der Waals surface area contributed by atoms with Crippen LogP contribution in [0.3, 0.4) is 0 Å². The Morgan fingerprint density at radius 1 is 1.30 bits per heavy atom. The predicted molar refractivity (Wildman–Crippen MR) is 119 cm³/mol. The number of thioether (sulfide) groups is 1. The van der Waals surface area contributed by atoms with E-state index in [2.05, 4.69) is 9.97 Å². The molecule has 3 aromatic rings. The van der Waals surface area contributed by atoms with Crippen LogP contribution in [0.15, 0.2) is 52.2 Å². The van der Waals surface area contributed by atoms with Crippen LogP contribution < -0.4 is 5.56 Å². The molecule has 30 heavy (non-hydrogen) atoms. The number of amides is 1. The molecule has 6 nitrogen and oxygen atoms in total. The van der Waals surface area contributed by atoms with Crippen LogP contribution in [-0.2, 0) is 11.3 Å². The summed E-state index contributed by atoms with van der Waals surface area (Å²) >= 11 is 1.61. The number of H-pyrrole nitrogens is 1. The summed E-state index contributed by atoms with van der Waals surface area (Å²) in [7, 11) is 0. The maximum absolute atomic E-state index is 13.5. The third-order valence-corrected chi connectivity index (χ3v) is 6.14. The van der Waals surface area contributed by atoms with Crippen molar-refractivity contribution < 1.29 is 9.53 Å². The van der Waals surface area contributed by atoms with Crippen LogP contribution >= 0.6 is 11.8 Å². The molecule has 0 saturated carbocycles. The number of nitrogens with zero attached hydrogens (tertiary/aromatic N) is 2. The fourth-order valence-electron chi connectivity index (χ4n) is 3.77. The molecule has 2 heterocycles. The molecule has 1 N–H and O–H groups in total. The van der Waals surface area contributed by atoms with Gasteiger partial charge in [0.15, 0.2) is 0 Å². The fourth-order valence-corrected chi connectivity index (χ4v) is 4.21. The van der Waals surface area contributed by atoms with E-state index in [1.807, 2.05) is 49.6 Å². The average Bonchev–Trinajstić information content (AvgIpc) is 3.26. The summed E-state index contributed by atoms with van der Waals surface area (Å²) in [6, 6.07) is 13.1. The molecule has 1 saturated heterocycles. The number of aromatic nitrogens is 2. The zero-order valence-corrected chi connectivity index (χ0v) is 18.0. The van der Waals surface area contributed by atoms with Gasteiger partial charge >= 0.3 is 0 Å².